The monoisotopic (exact) mass is 264 g/mol. The van der Waals surface area contributed by atoms with Gasteiger partial charge in [0.15, 0.2) is 11.0 Å². The van der Waals surface area contributed by atoms with E-state index >= 15 is 0 Å². The van der Waals surface area contributed by atoms with Gasteiger partial charge in [-0.25, -0.2) is 0 Å². The Morgan fingerprint density at radius 2 is 1.56 bits per heavy atom. The second kappa shape index (κ2) is 6.50. The quantitative estimate of drug-likeness (QED) is 0.790. The minimum absolute atomic E-state index is 0.349. The van der Waals surface area contributed by atoms with Crippen molar-refractivity contribution in [1.29, 1.82) is 0 Å². The first kappa shape index (κ1) is 13.0. The first-order valence-electron chi connectivity index (χ1n) is 6.30. The summed E-state index contributed by atoms with van der Waals surface area (Å²) in [5.74, 6) is 0.350. The lowest BCUT2D eigenvalue weighted by Gasteiger charge is -2.05. The van der Waals surface area contributed by atoms with E-state index in [4.69, 9.17) is 17.3 Å². The van der Waals surface area contributed by atoms with Gasteiger partial charge in [0.1, 0.15) is 0 Å². The smallest absolute Gasteiger partial charge is 0.159 e. The van der Waals surface area contributed by atoms with E-state index in [2.05, 4.69) is 15.2 Å². The molecular formula is C13H17ClN4. The van der Waals surface area contributed by atoms with Gasteiger partial charge in [-0.2, -0.15) is 0 Å². The molecule has 1 saturated carbocycles. The zero-order valence-electron chi connectivity index (χ0n) is 10.3. The van der Waals surface area contributed by atoms with E-state index in [0.717, 1.165) is 10.8 Å². The summed E-state index contributed by atoms with van der Waals surface area (Å²) in [6, 6.07) is 1.75. The van der Waals surface area contributed by atoms with Crippen molar-refractivity contribution in [2.75, 3.05) is 5.73 Å². The SMILES string of the molecule is C1CCCCC1.Nc1nnc(Cl)c2ccncc12. The van der Waals surface area contributed by atoms with Crippen LogP contribution >= 0.6 is 11.6 Å². The lowest BCUT2D eigenvalue weighted by atomic mass is 10.0. The molecule has 0 atom stereocenters. The van der Waals surface area contributed by atoms with Crippen molar-refractivity contribution in [3.8, 4) is 0 Å². The average Bonchev–Trinajstić information content (AvgIpc) is 2.46. The van der Waals surface area contributed by atoms with E-state index in [1.807, 2.05) is 0 Å². The zero-order valence-corrected chi connectivity index (χ0v) is 11.0. The number of hydrogen-bond acceptors (Lipinski definition) is 4. The minimum atomic E-state index is 0.349. The van der Waals surface area contributed by atoms with Crippen molar-refractivity contribution < 1.29 is 0 Å². The number of pyridine rings is 1. The van der Waals surface area contributed by atoms with Gasteiger partial charge in [-0.05, 0) is 6.07 Å². The molecule has 96 valence electrons. The van der Waals surface area contributed by atoms with E-state index in [1.165, 1.54) is 38.5 Å². The number of nitrogen functional groups attached to an aromatic ring is 1. The van der Waals surface area contributed by atoms with Gasteiger partial charge in [0.25, 0.3) is 0 Å². The highest BCUT2D eigenvalue weighted by Gasteiger charge is 2.03. The maximum atomic E-state index is 5.77. The Balaban J connectivity index is 0.000000169. The second-order valence-corrected chi connectivity index (χ2v) is 4.78. The van der Waals surface area contributed by atoms with Gasteiger partial charge in [-0.3, -0.25) is 4.98 Å². The van der Waals surface area contributed by atoms with Crippen LogP contribution < -0.4 is 5.73 Å². The molecule has 1 aliphatic carbocycles. The number of aromatic nitrogens is 3. The molecule has 1 fully saturated rings. The number of rotatable bonds is 0. The van der Waals surface area contributed by atoms with Gasteiger partial charge in [0.05, 0.1) is 0 Å². The zero-order chi connectivity index (χ0) is 12.8. The number of nitrogens with zero attached hydrogens (tertiary/aromatic N) is 3. The van der Waals surface area contributed by atoms with Crippen molar-refractivity contribution >= 4 is 28.2 Å². The summed E-state index contributed by atoms with van der Waals surface area (Å²) in [5.41, 5.74) is 5.55. The molecule has 0 unspecified atom stereocenters. The van der Waals surface area contributed by atoms with Crippen LogP contribution in [0.25, 0.3) is 10.8 Å². The average molecular weight is 265 g/mol. The third kappa shape index (κ3) is 3.29. The molecule has 2 heterocycles. The molecule has 0 radical (unpaired) electrons. The summed E-state index contributed by atoms with van der Waals surface area (Å²) >= 11 is 5.77. The maximum absolute atomic E-state index is 5.77. The Bertz CT molecular complexity index is 459. The van der Waals surface area contributed by atoms with Crippen LogP contribution in [0.15, 0.2) is 18.5 Å². The molecule has 4 nitrogen and oxygen atoms in total. The third-order valence-corrected chi connectivity index (χ3v) is 3.34. The number of hydrogen-bond donors (Lipinski definition) is 1. The van der Waals surface area contributed by atoms with Gasteiger partial charge in [0, 0.05) is 23.2 Å². The Morgan fingerprint density at radius 1 is 0.944 bits per heavy atom. The molecular weight excluding hydrogens is 248 g/mol. The summed E-state index contributed by atoms with van der Waals surface area (Å²) in [6.45, 7) is 0. The molecule has 0 bridgehead atoms. The molecule has 2 aromatic rings. The highest BCUT2D eigenvalue weighted by molar-refractivity contribution is 6.34. The Kier molecular flexibility index (Phi) is 4.70. The summed E-state index contributed by atoms with van der Waals surface area (Å²) in [6.07, 6.45) is 12.3. The van der Waals surface area contributed by atoms with E-state index in [9.17, 15) is 0 Å². The Morgan fingerprint density at radius 3 is 2.11 bits per heavy atom. The summed E-state index contributed by atoms with van der Waals surface area (Å²) in [4.78, 5) is 3.91. The second-order valence-electron chi connectivity index (χ2n) is 4.42. The van der Waals surface area contributed by atoms with E-state index in [-0.39, 0.29) is 0 Å². The standard InChI is InChI=1S/C7H5ClN4.C6H12/c8-6-4-1-2-10-3-5(4)7(9)12-11-6;1-2-4-6-5-3-1/h1-3H,(H2,9,12);1-6H2. The largest absolute Gasteiger partial charge is 0.382 e. The van der Waals surface area contributed by atoms with Crippen molar-refractivity contribution in [3.63, 3.8) is 0 Å². The molecule has 0 spiro atoms. The molecule has 1 aliphatic rings. The van der Waals surface area contributed by atoms with Gasteiger partial charge in [0.2, 0.25) is 0 Å². The van der Waals surface area contributed by atoms with Crippen molar-refractivity contribution in [2.24, 2.45) is 0 Å². The predicted molar refractivity (Wildman–Crippen MR) is 74.5 cm³/mol. The molecule has 0 aromatic carbocycles. The van der Waals surface area contributed by atoms with Crippen molar-refractivity contribution in [3.05, 3.63) is 23.6 Å². The van der Waals surface area contributed by atoms with Crippen LogP contribution in [0.5, 0.6) is 0 Å². The summed E-state index contributed by atoms with van der Waals surface area (Å²) in [5, 5.41) is 9.19. The molecule has 2 N–H and O–H groups in total. The first-order chi connectivity index (χ1) is 8.79. The molecule has 0 saturated heterocycles. The van der Waals surface area contributed by atoms with Gasteiger partial charge >= 0.3 is 0 Å². The topological polar surface area (TPSA) is 64.7 Å². The third-order valence-electron chi connectivity index (χ3n) is 3.06. The first-order valence-corrected chi connectivity index (χ1v) is 6.68. The van der Waals surface area contributed by atoms with E-state index in [1.54, 1.807) is 18.5 Å². The van der Waals surface area contributed by atoms with Crippen LogP contribution in [0.4, 0.5) is 5.82 Å². The van der Waals surface area contributed by atoms with Crippen molar-refractivity contribution in [1.82, 2.24) is 15.2 Å². The summed E-state index contributed by atoms with van der Waals surface area (Å²) in [7, 11) is 0. The van der Waals surface area contributed by atoms with E-state index in [0.29, 0.717) is 11.0 Å². The molecule has 3 rings (SSSR count). The fourth-order valence-corrected chi connectivity index (χ4v) is 2.25. The molecule has 5 heteroatoms. The Hall–Kier alpha value is -1.42. The van der Waals surface area contributed by atoms with Crippen LogP contribution in [0, 0.1) is 0 Å². The molecule has 0 aliphatic heterocycles. The lowest BCUT2D eigenvalue weighted by molar-refractivity contribution is 0.504. The van der Waals surface area contributed by atoms with Gasteiger partial charge < -0.3 is 5.73 Å². The number of fused-ring (bicyclic) bond motifs is 1. The van der Waals surface area contributed by atoms with Gasteiger partial charge in [-0.15, -0.1) is 10.2 Å². The molecule has 18 heavy (non-hydrogen) atoms. The van der Waals surface area contributed by atoms with E-state index < -0.39 is 0 Å². The highest BCUT2D eigenvalue weighted by atomic mass is 35.5. The number of halogens is 1. The van der Waals surface area contributed by atoms with Crippen LogP contribution in [-0.4, -0.2) is 15.2 Å². The van der Waals surface area contributed by atoms with Crippen LogP contribution in [-0.2, 0) is 0 Å². The Labute approximate surface area is 112 Å². The normalized spacial score (nSPS) is 14.9. The van der Waals surface area contributed by atoms with Crippen LogP contribution in [0.2, 0.25) is 5.15 Å². The number of nitrogens with two attached hydrogens (primary N) is 1. The minimum Gasteiger partial charge on any atom is -0.382 e. The van der Waals surface area contributed by atoms with Crippen molar-refractivity contribution in [2.45, 2.75) is 38.5 Å². The van der Waals surface area contributed by atoms with Crippen LogP contribution in [0.1, 0.15) is 38.5 Å². The van der Waals surface area contributed by atoms with Gasteiger partial charge in [-0.1, -0.05) is 50.1 Å². The summed E-state index contributed by atoms with van der Waals surface area (Å²) < 4.78 is 0. The number of anilines is 1. The molecule has 2 aromatic heterocycles. The van der Waals surface area contributed by atoms with Crippen LogP contribution in [0.3, 0.4) is 0 Å². The highest BCUT2D eigenvalue weighted by Crippen LogP contribution is 2.22. The lowest BCUT2D eigenvalue weighted by Crippen LogP contribution is -1.95. The fourth-order valence-electron chi connectivity index (χ4n) is 2.04. The fraction of sp³-hybridized carbons (Fsp3) is 0.462. The maximum Gasteiger partial charge on any atom is 0.159 e. The predicted octanol–water partition coefficient (Wildman–Crippen LogP) is 3.60. The molecule has 0 amide bonds.